The molecule has 30 heavy (non-hydrogen) atoms. The van der Waals surface area contributed by atoms with E-state index in [1.54, 1.807) is 11.3 Å². The third-order valence-corrected chi connectivity index (χ3v) is 7.26. The molecule has 1 saturated heterocycles. The Morgan fingerprint density at radius 2 is 1.83 bits per heavy atom. The van der Waals surface area contributed by atoms with Crippen LogP contribution in [-0.2, 0) is 17.4 Å². The SMILES string of the molecule is Cc1nc(C)c(-c2csc(CC(=O)C3(C)CN(c4ccc(C(F)(F)F)cc4)C3)n2)s1. The fourth-order valence-electron chi connectivity index (χ4n) is 3.63. The normalized spacial score (nSPS) is 15.9. The molecule has 1 fully saturated rings. The highest BCUT2D eigenvalue weighted by molar-refractivity contribution is 7.16. The lowest BCUT2D eigenvalue weighted by Crippen LogP contribution is -2.59. The molecule has 0 aliphatic carbocycles. The number of thiazole rings is 2. The van der Waals surface area contributed by atoms with Gasteiger partial charge in [-0.1, -0.05) is 0 Å². The first kappa shape index (κ1) is 21.0. The molecule has 0 N–H and O–H groups in total. The molecule has 1 aromatic carbocycles. The Hall–Kier alpha value is -2.26. The van der Waals surface area contributed by atoms with Gasteiger partial charge in [-0.2, -0.15) is 13.2 Å². The van der Waals surface area contributed by atoms with Crippen LogP contribution in [0.5, 0.6) is 0 Å². The molecule has 0 bridgehead atoms. The molecule has 0 atom stereocenters. The summed E-state index contributed by atoms with van der Waals surface area (Å²) in [5.74, 6) is 0.101. The fraction of sp³-hybridized carbons (Fsp3) is 0.381. The minimum Gasteiger partial charge on any atom is -0.369 e. The molecule has 3 aromatic rings. The Labute approximate surface area is 180 Å². The van der Waals surface area contributed by atoms with Crippen molar-refractivity contribution in [3.8, 4) is 10.6 Å². The maximum Gasteiger partial charge on any atom is 0.416 e. The van der Waals surface area contributed by atoms with Crippen LogP contribution in [0, 0.1) is 19.3 Å². The van der Waals surface area contributed by atoms with Crippen molar-refractivity contribution in [3.05, 3.63) is 50.9 Å². The zero-order chi connectivity index (χ0) is 21.7. The number of benzene rings is 1. The first-order chi connectivity index (χ1) is 14.0. The number of Topliss-reactive ketones (excluding diaryl/α,β-unsaturated/α-hetero) is 1. The number of nitrogens with zero attached hydrogens (tertiary/aromatic N) is 3. The lowest BCUT2D eigenvalue weighted by Gasteiger charge is -2.48. The Bertz CT molecular complexity index is 1080. The Balaban J connectivity index is 1.39. The molecule has 4 rings (SSSR count). The van der Waals surface area contributed by atoms with Crippen LogP contribution in [0.25, 0.3) is 10.6 Å². The van der Waals surface area contributed by atoms with E-state index in [-0.39, 0.29) is 12.2 Å². The average Bonchev–Trinajstić information content (AvgIpc) is 3.24. The second-order valence-corrected chi connectivity index (χ2v) is 9.98. The van der Waals surface area contributed by atoms with Crippen molar-refractivity contribution >= 4 is 34.1 Å². The molecule has 2 aromatic heterocycles. The van der Waals surface area contributed by atoms with Gasteiger partial charge in [0.05, 0.1) is 38.7 Å². The highest BCUT2D eigenvalue weighted by atomic mass is 32.1. The molecule has 9 heteroatoms. The van der Waals surface area contributed by atoms with E-state index >= 15 is 0 Å². The molecule has 3 heterocycles. The number of carbonyl (C=O) groups is 1. The summed E-state index contributed by atoms with van der Waals surface area (Å²) in [5.41, 5.74) is 1.30. The maximum atomic E-state index is 12.9. The molecule has 0 saturated carbocycles. The minimum atomic E-state index is -4.35. The molecule has 0 spiro atoms. The summed E-state index contributed by atoms with van der Waals surface area (Å²) >= 11 is 3.06. The van der Waals surface area contributed by atoms with E-state index < -0.39 is 17.2 Å². The van der Waals surface area contributed by atoms with E-state index in [0.29, 0.717) is 18.8 Å². The van der Waals surface area contributed by atoms with Crippen LogP contribution in [-0.4, -0.2) is 28.8 Å². The molecule has 158 valence electrons. The van der Waals surface area contributed by atoms with Crippen molar-refractivity contribution in [1.82, 2.24) is 9.97 Å². The summed E-state index contributed by atoms with van der Waals surface area (Å²) in [7, 11) is 0. The lowest BCUT2D eigenvalue weighted by atomic mass is 9.76. The molecule has 4 nitrogen and oxygen atoms in total. The second-order valence-electron chi connectivity index (χ2n) is 7.84. The standard InChI is InChI=1S/C21H20F3N3OS2/c1-12-19(30-13(2)25-12)16-9-29-18(26-16)8-17(28)20(3)10-27(11-20)15-6-4-14(5-7-15)21(22,23)24/h4-7,9H,8,10-11H2,1-3H3. The van der Waals surface area contributed by atoms with Gasteiger partial charge in [0.15, 0.2) is 0 Å². The van der Waals surface area contributed by atoms with Crippen LogP contribution < -0.4 is 4.90 Å². The number of ketones is 1. The quantitative estimate of drug-likeness (QED) is 0.511. The summed E-state index contributed by atoms with van der Waals surface area (Å²) in [5, 5.41) is 3.72. The second kappa shape index (κ2) is 7.46. The van der Waals surface area contributed by atoms with E-state index in [4.69, 9.17) is 0 Å². The predicted octanol–water partition coefficient (Wildman–Crippen LogP) is 5.54. The molecular weight excluding hydrogens is 431 g/mol. The van der Waals surface area contributed by atoms with Crippen LogP contribution in [0.15, 0.2) is 29.6 Å². The lowest BCUT2D eigenvalue weighted by molar-refractivity contribution is -0.137. The van der Waals surface area contributed by atoms with Gasteiger partial charge in [0.25, 0.3) is 0 Å². The van der Waals surface area contributed by atoms with Gasteiger partial charge in [0.2, 0.25) is 0 Å². The Morgan fingerprint density at radius 1 is 1.17 bits per heavy atom. The number of alkyl halides is 3. The van der Waals surface area contributed by atoms with E-state index in [1.807, 2.05) is 31.1 Å². The zero-order valence-electron chi connectivity index (χ0n) is 16.7. The summed E-state index contributed by atoms with van der Waals surface area (Å²) in [4.78, 5) is 24.9. The monoisotopic (exact) mass is 451 g/mol. The number of aromatic nitrogens is 2. The van der Waals surface area contributed by atoms with E-state index in [0.717, 1.165) is 38.4 Å². The number of anilines is 1. The van der Waals surface area contributed by atoms with E-state index in [1.165, 1.54) is 23.5 Å². The summed E-state index contributed by atoms with van der Waals surface area (Å²) < 4.78 is 38.2. The number of hydrogen-bond donors (Lipinski definition) is 0. The largest absolute Gasteiger partial charge is 0.416 e. The van der Waals surface area contributed by atoms with Gasteiger partial charge in [-0.05, 0) is 45.0 Å². The van der Waals surface area contributed by atoms with E-state index in [2.05, 4.69) is 9.97 Å². The zero-order valence-corrected chi connectivity index (χ0v) is 18.3. The van der Waals surface area contributed by atoms with E-state index in [9.17, 15) is 18.0 Å². The van der Waals surface area contributed by atoms with Crippen LogP contribution in [0.1, 0.15) is 28.2 Å². The van der Waals surface area contributed by atoms with Crippen molar-refractivity contribution in [2.45, 2.75) is 33.4 Å². The maximum absolute atomic E-state index is 12.9. The molecular formula is C21H20F3N3OS2. The summed E-state index contributed by atoms with van der Waals surface area (Å²) in [6.45, 7) is 6.79. The van der Waals surface area contributed by atoms with Crippen molar-refractivity contribution in [2.24, 2.45) is 5.41 Å². The number of carbonyl (C=O) groups excluding carboxylic acids is 1. The van der Waals surface area contributed by atoms with Crippen LogP contribution in [0.2, 0.25) is 0 Å². The first-order valence-electron chi connectivity index (χ1n) is 9.39. The minimum absolute atomic E-state index is 0.101. The van der Waals surface area contributed by atoms with Crippen LogP contribution >= 0.6 is 22.7 Å². The number of halogens is 3. The van der Waals surface area contributed by atoms with Gasteiger partial charge in [0.1, 0.15) is 10.8 Å². The smallest absolute Gasteiger partial charge is 0.369 e. The topological polar surface area (TPSA) is 46.1 Å². The van der Waals surface area contributed by atoms with Crippen LogP contribution in [0.3, 0.4) is 0 Å². The summed E-state index contributed by atoms with van der Waals surface area (Å²) in [6, 6.07) is 5.07. The van der Waals surface area contributed by atoms with Gasteiger partial charge in [-0.15, -0.1) is 22.7 Å². The average molecular weight is 452 g/mol. The fourth-order valence-corrected chi connectivity index (χ4v) is 5.37. The Kier molecular flexibility index (Phi) is 5.22. The summed E-state index contributed by atoms with van der Waals surface area (Å²) in [6.07, 6.45) is -4.08. The Morgan fingerprint density at radius 3 is 2.40 bits per heavy atom. The van der Waals surface area contributed by atoms with Gasteiger partial charge in [-0.25, -0.2) is 9.97 Å². The number of aryl methyl sites for hydroxylation is 2. The third-order valence-electron chi connectivity index (χ3n) is 5.31. The van der Waals surface area contributed by atoms with Crippen molar-refractivity contribution in [2.75, 3.05) is 18.0 Å². The highest BCUT2D eigenvalue weighted by Crippen LogP contribution is 2.38. The van der Waals surface area contributed by atoms with Gasteiger partial charge in [0, 0.05) is 24.2 Å². The predicted molar refractivity (Wildman–Crippen MR) is 113 cm³/mol. The molecule has 1 aliphatic rings. The van der Waals surface area contributed by atoms with Gasteiger partial charge >= 0.3 is 6.18 Å². The van der Waals surface area contributed by atoms with Crippen molar-refractivity contribution in [3.63, 3.8) is 0 Å². The molecule has 0 amide bonds. The van der Waals surface area contributed by atoms with Gasteiger partial charge in [-0.3, -0.25) is 4.79 Å². The number of rotatable bonds is 5. The number of hydrogen-bond acceptors (Lipinski definition) is 6. The third kappa shape index (κ3) is 4.00. The molecule has 0 radical (unpaired) electrons. The molecule has 0 unspecified atom stereocenters. The first-order valence-corrected chi connectivity index (χ1v) is 11.1. The molecule has 1 aliphatic heterocycles. The van der Waals surface area contributed by atoms with Crippen molar-refractivity contribution < 1.29 is 18.0 Å². The van der Waals surface area contributed by atoms with Crippen molar-refractivity contribution in [1.29, 1.82) is 0 Å². The highest BCUT2D eigenvalue weighted by Gasteiger charge is 2.45. The van der Waals surface area contributed by atoms with Gasteiger partial charge < -0.3 is 4.90 Å². The van der Waals surface area contributed by atoms with Crippen LogP contribution in [0.4, 0.5) is 18.9 Å².